The molecule has 3 heterocycles. The van der Waals surface area contributed by atoms with E-state index in [1.807, 2.05) is 19.1 Å². The predicted octanol–water partition coefficient (Wildman–Crippen LogP) is 0.714. The second kappa shape index (κ2) is 10.8. The van der Waals surface area contributed by atoms with Gasteiger partial charge < -0.3 is 29.1 Å². The van der Waals surface area contributed by atoms with Crippen molar-refractivity contribution < 1.29 is 33.8 Å². The van der Waals surface area contributed by atoms with Crippen LogP contribution in [-0.4, -0.2) is 68.7 Å². The summed E-state index contributed by atoms with van der Waals surface area (Å²) in [5, 5.41) is 13.8. The summed E-state index contributed by atoms with van der Waals surface area (Å²) >= 11 is 0. The van der Waals surface area contributed by atoms with E-state index >= 15 is 0 Å². The molecule has 1 N–H and O–H groups in total. The Hall–Kier alpha value is -3.62. The Morgan fingerprint density at radius 2 is 2.03 bits per heavy atom. The number of ketones is 1. The number of likely N-dealkylation sites (tertiary alicyclic amines) is 1. The number of nitrogens with zero attached hydrogens (tertiary/aromatic N) is 1. The summed E-state index contributed by atoms with van der Waals surface area (Å²) in [5.74, 6) is -0.476. The zero-order valence-corrected chi connectivity index (χ0v) is 21.0. The van der Waals surface area contributed by atoms with Gasteiger partial charge in [0.25, 0.3) is 5.91 Å². The smallest absolute Gasteiger partial charge is 0.295 e. The highest BCUT2D eigenvalue weighted by Gasteiger charge is 2.44. The molecule has 5 rings (SSSR count). The molecule has 0 bridgehead atoms. The lowest BCUT2D eigenvalue weighted by molar-refractivity contribution is -0.907. The normalized spacial score (nSPS) is 23.1. The maximum Gasteiger partial charge on any atom is 0.295 e. The zero-order valence-electron chi connectivity index (χ0n) is 21.0. The quantitative estimate of drug-likeness (QED) is 0.247. The summed E-state index contributed by atoms with van der Waals surface area (Å²) in [7, 11) is 0. The molecule has 37 heavy (non-hydrogen) atoms. The molecule has 0 aliphatic carbocycles. The van der Waals surface area contributed by atoms with Crippen molar-refractivity contribution in [3.05, 3.63) is 77.4 Å². The van der Waals surface area contributed by atoms with Crippen molar-refractivity contribution in [3.8, 4) is 11.5 Å². The van der Waals surface area contributed by atoms with E-state index < -0.39 is 23.5 Å². The summed E-state index contributed by atoms with van der Waals surface area (Å²) in [6.07, 6.45) is 2.37. The average molecular weight is 505 g/mol. The number of hydrogen-bond acceptors (Lipinski definition) is 6. The number of morpholine rings is 1. The molecule has 0 saturated carbocycles. The Labute approximate surface area is 216 Å². The Balaban J connectivity index is 1.54. The molecule has 194 valence electrons. The van der Waals surface area contributed by atoms with Crippen LogP contribution in [0.3, 0.4) is 0 Å². The van der Waals surface area contributed by atoms with E-state index in [0.717, 1.165) is 24.4 Å². The van der Waals surface area contributed by atoms with Gasteiger partial charge in [-0.2, -0.15) is 0 Å². The van der Waals surface area contributed by atoms with Crippen molar-refractivity contribution in [1.82, 2.24) is 4.90 Å². The van der Waals surface area contributed by atoms with Crippen molar-refractivity contribution in [3.63, 3.8) is 0 Å². The van der Waals surface area contributed by atoms with E-state index in [2.05, 4.69) is 6.58 Å². The van der Waals surface area contributed by atoms with E-state index in [0.29, 0.717) is 56.2 Å². The minimum Gasteiger partial charge on any atom is -0.872 e. The van der Waals surface area contributed by atoms with Gasteiger partial charge in [0.2, 0.25) is 5.78 Å². The van der Waals surface area contributed by atoms with Gasteiger partial charge in [-0.15, -0.1) is 0 Å². The summed E-state index contributed by atoms with van der Waals surface area (Å²) in [6.45, 7) is 10.0. The lowest BCUT2D eigenvalue weighted by Crippen LogP contribution is -3.14. The van der Waals surface area contributed by atoms with Gasteiger partial charge in [-0.1, -0.05) is 36.6 Å². The van der Waals surface area contributed by atoms with Gasteiger partial charge in [0.15, 0.2) is 0 Å². The molecule has 0 radical (unpaired) electrons. The second-order valence-electron chi connectivity index (χ2n) is 9.71. The van der Waals surface area contributed by atoms with E-state index in [9.17, 15) is 14.7 Å². The van der Waals surface area contributed by atoms with Crippen LogP contribution in [0.15, 0.2) is 60.7 Å². The highest BCUT2D eigenvalue weighted by molar-refractivity contribution is 6.46. The maximum atomic E-state index is 13.8. The van der Waals surface area contributed by atoms with Crippen LogP contribution in [0.4, 0.5) is 0 Å². The third kappa shape index (κ3) is 5.12. The van der Waals surface area contributed by atoms with Gasteiger partial charge in [-0.25, -0.2) is 0 Å². The van der Waals surface area contributed by atoms with E-state index in [-0.39, 0.29) is 11.7 Å². The number of ether oxygens (including phenoxy) is 3. The van der Waals surface area contributed by atoms with Crippen LogP contribution in [-0.2, 0) is 20.7 Å². The number of carbonyl (C=O) groups is 2. The molecule has 3 aliphatic heterocycles. The fraction of sp³-hybridized carbons (Fsp3) is 0.379. The van der Waals surface area contributed by atoms with Gasteiger partial charge in [-0.3, -0.25) is 9.59 Å². The molecule has 2 unspecified atom stereocenters. The lowest BCUT2D eigenvalue weighted by atomic mass is 9.94. The molecule has 0 aromatic heterocycles. The minimum absolute atomic E-state index is 0.0187. The van der Waals surface area contributed by atoms with Gasteiger partial charge >= 0.3 is 0 Å². The summed E-state index contributed by atoms with van der Waals surface area (Å²) in [4.78, 5) is 29.5. The molecule has 2 aromatic rings. The molecule has 1 amide bonds. The number of fused-ring (bicyclic) bond motifs is 1. The number of quaternary nitrogens is 1. The molecule has 8 heteroatoms. The van der Waals surface area contributed by atoms with Crippen molar-refractivity contribution >= 4 is 17.4 Å². The van der Waals surface area contributed by atoms with E-state index in [4.69, 9.17) is 14.2 Å². The number of nitrogens with one attached hydrogen (secondary N) is 1. The summed E-state index contributed by atoms with van der Waals surface area (Å²) in [6, 6.07) is 11.7. The largest absolute Gasteiger partial charge is 0.872 e. The lowest BCUT2D eigenvalue weighted by Gasteiger charge is -2.30. The molecular formula is C29H32N2O6. The van der Waals surface area contributed by atoms with Gasteiger partial charge in [0, 0.05) is 12.0 Å². The first-order chi connectivity index (χ1) is 18.0. The molecule has 2 atom stereocenters. The van der Waals surface area contributed by atoms with Crippen LogP contribution in [0.1, 0.15) is 29.7 Å². The first-order valence-electron chi connectivity index (χ1n) is 12.8. The highest BCUT2D eigenvalue weighted by Crippen LogP contribution is 2.40. The van der Waals surface area contributed by atoms with Crippen LogP contribution in [0.2, 0.25) is 0 Å². The topological polar surface area (TPSA) is 92.6 Å². The van der Waals surface area contributed by atoms with Crippen molar-refractivity contribution in [2.45, 2.75) is 25.5 Å². The SMILES string of the molecule is C=CCOc1cccc(C2/C(=C(\[O-])c3ccc4c(c3)CC(C)O4)C(=O)C(=O)N2CC[NH+]2CCOCC2)c1. The van der Waals surface area contributed by atoms with Gasteiger partial charge in [-0.05, 0) is 47.9 Å². The van der Waals surface area contributed by atoms with Crippen molar-refractivity contribution in [2.24, 2.45) is 0 Å². The van der Waals surface area contributed by atoms with Crippen LogP contribution < -0.4 is 19.5 Å². The van der Waals surface area contributed by atoms with Crippen LogP contribution in [0.25, 0.3) is 5.76 Å². The maximum absolute atomic E-state index is 13.8. The molecule has 2 fully saturated rings. The fourth-order valence-corrected chi connectivity index (χ4v) is 5.28. The molecule has 2 saturated heterocycles. The molecule has 0 spiro atoms. The molecule has 8 nitrogen and oxygen atoms in total. The third-order valence-corrected chi connectivity index (χ3v) is 7.14. The average Bonchev–Trinajstić information content (AvgIpc) is 3.41. The molecule has 2 aromatic carbocycles. The third-order valence-electron chi connectivity index (χ3n) is 7.14. The Kier molecular flexibility index (Phi) is 7.30. The van der Waals surface area contributed by atoms with Crippen LogP contribution in [0, 0.1) is 0 Å². The fourth-order valence-electron chi connectivity index (χ4n) is 5.28. The molecule has 3 aliphatic rings. The van der Waals surface area contributed by atoms with Gasteiger partial charge in [0.1, 0.15) is 37.3 Å². The monoisotopic (exact) mass is 504 g/mol. The van der Waals surface area contributed by atoms with Crippen LogP contribution in [0.5, 0.6) is 11.5 Å². The number of rotatable bonds is 8. The standard InChI is InChI=1S/C29H32N2O6/c1-3-13-36-23-6-4-5-20(18-23)26-25(27(32)21-7-8-24-22(17-21)16-19(2)37-24)28(33)29(34)31(26)10-9-30-11-14-35-15-12-30/h3-8,17-19,26,32H,1,9-16H2,2H3/b27-25+. The molecular weight excluding hydrogens is 472 g/mol. The first-order valence-corrected chi connectivity index (χ1v) is 12.8. The second-order valence-corrected chi connectivity index (χ2v) is 9.71. The number of hydrogen-bond donors (Lipinski definition) is 1. The number of benzene rings is 2. The first kappa shape index (κ1) is 25.0. The zero-order chi connectivity index (χ0) is 25.9. The minimum atomic E-state index is -0.788. The Bertz CT molecular complexity index is 1230. The summed E-state index contributed by atoms with van der Waals surface area (Å²) in [5.41, 5.74) is 1.96. The summed E-state index contributed by atoms with van der Waals surface area (Å²) < 4.78 is 16.9. The van der Waals surface area contributed by atoms with E-state index in [1.165, 1.54) is 4.90 Å². The number of Topliss-reactive ketones (excluding diaryl/α,β-unsaturated/α-hetero) is 1. The van der Waals surface area contributed by atoms with E-state index in [1.54, 1.807) is 41.3 Å². The van der Waals surface area contributed by atoms with Gasteiger partial charge in [0.05, 0.1) is 32.3 Å². The van der Waals surface area contributed by atoms with Crippen molar-refractivity contribution in [2.75, 3.05) is 46.0 Å². The predicted molar refractivity (Wildman–Crippen MR) is 135 cm³/mol. The number of carbonyl (C=O) groups excluding carboxylic acids is 2. The van der Waals surface area contributed by atoms with Crippen molar-refractivity contribution in [1.29, 1.82) is 0 Å². The number of amides is 1. The Morgan fingerprint density at radius 3 is 2.81 bits per heavy atom. The highest BCUT2D eigenvalue weighted by atomic mass is 16.5. The Morgan fingerprint density at radius 1 is 1.22 bits per heavy atom. The van der Waals surface area contributed by atoms with Crippen LogP contribution >= 0.6 is 0 Å².